The average molecular weight is 2000 g/mol. The number of Topliss-reactive ketones (excluding diaryl/α,β-unsaturated/α-hetero) is 1. The number of likely N-dealkylation sites (tertiary alicyclic amines) is 7. The number of likely N-dealkylation sites (N-methyl/N-ethyl adjacent to an activating group) is 2. The highest BCUT2D eigenvalue weighted by molar-refractivity contribution is 7.99. The van der Waals surface area contributed by atoms with E-state index in [4.69, 9.17) is 24.4 Å². The van der Waals surface area contributed by atoms with Crippen molar-refractivity contribution in [3.8, 4) is 0 Å². The highest BCUT2D eigenvalue weighted by atomic mass is 32.2. The Morgan fingerprint density at radius 3 is 1.13 bits per heavy atom. The number of morpholine rings is 1. The Hall–Kier alpha value is -1.36. The second-order valence-electron chi connectivity index (χ2n) is 46.8. The summed E-state index contributed by atoms with van der Waals surface area (Å²) in [6.07, 6.45) is 20.0. The number of phosphoric acid groups is 1. The van der Waals surface area contributed by atoms with Gasteiger partial charge in [0.25, 0.3) is 0 Å². The molecular weight excluding hydrogens is 1770 g/mol. The minimum absolute atomic E-state index is 0.0101. The fourth-order valence-corrected chi connectivity index (χ4v) is 20.6. The van der Waals surface area contributed by atoms with E-state index >= 15 is 0 Å². The number of aliphatic hydroxyl groups is 2. The molecule has 0 bridgehead atoms. The van der Waals surface area contributed by atoms with Gasteiger partial charge in [-0.2, -0.15) is 11.8 Å². The number of thioether (sulfide) groups is 1. The third kappa shape index (κ3) is 62.8. The van der Waals surface area contributed by atoms with Crippen molar-refractivity contribution in [2.24, 2.45) is 5.92 Å². The molecule has 0 radical (unpaired) electrons. The lowest BCUT2D eigenvalue weighted by molar-refractivity contribution is -0.121. The molecule has 13 aliphatic rings. The fourth-order valence-electron chi connectivity index (χ4n) is 19.3. The Morgan fingerprint density at radius 1 is 0.406 bits per heavy atom. The normalized spacial score (nSPS) is 23.8. The molecule has 0 aromatic rings. The molecular formula is C109H232N17O10PS. The van der Waals surface area contributed by atoms with Gasteiger partial charge in [-0.25, -0.2) is 9.36 Å². The third-order valence-electron chi connectivity index (χ3n) is 29.7. The summed E-state index contributed by atoms with van der Waals surface area (Å²) in [5.74, 6) is 4.06. The zero-order chi connectivity index (χ0) is 104. The minimum Gasteiger partial charge on any atom is -0.450 e. The highest BCUT2D eigenvalue weighted by Gasteiger charge is 2.32. The largest absolute Gasteiger partial charge is 0.470 e. The monoisotopic (exact) mass is 2000 g/mol. The molecule has 1 amide bonds. The zero-order valence-electron chi connectivity index (χ0n) is 96.9. The van der Waals surface area contributed by atoms with Gasteiger partial charge in [-0.1, -0.05) is 26.7 Å². The number of amides is 1. The summed E-state index contributed by atoms with van der Waals surface area (Å²) in [5, 5.41) is 18.2. The van der Waals surface area contributed by atoms with Crippen molar-refractivity contribution in [2.75, 3.05) is 268 Å². The van der Waals surface area contributed by atoms with Crippen LogP contribution in [0.15, 0.2) is 0 Å². The number of carbonyl (C=O) groups excluding carboxylic acids is 2. The molecule has 0 aromatic heterocycles. The van der Waals surface area contributed by atoms with Gasteiger partial charge in [0.2, 0.25) is 0 Å². The Bertz CT molecular complexity index is 2870. The first-order valence-corrected chi connectivity index (χ1v) is 58.7. The molecule has 13 saturated heterocycles. The molecule has 1 unspecified atom stereocenters. The zero-order valence-corrected chi connectivity index (χ0v) is 98.6. The van der Waals surface area contributed by atoms with Crippen LogP contribution in [0.1, 0.15) is 331 Å². The Morgan fingerprint density at radius 2 is 0.775 bits per heavy atom. The number of piperidine rings is 5. The van der Waals surface area contributed by atoms with Crippen molar-refractivity contribution in [3.63, 3.8) is 0 Å². The van der Waals surface area contributed by atoms with Crippen LogP contribution in [0, 0.1) is 5.92 Å². The van der Waals surface area contributed by atoms with E-state index in [0.29, 0.717) is 71.9 Å². The van der Waals surface area contributed by atoms with Crippen LogP contribution in [0.4, 0.5) is 4.79 Å². The molecule has 29 heteroatoms. The molecule has 13 heterocycles. The van der Waals surface area contributed by atoms with Crippen LogP contribution in [0.3, 0.4) is 0 Å². The first-order chi connectivity index (χ1) is 64.6. The summed E-state index contributed by atoms with van der Waals surface area (Å²) < 4.78 is 25.1. The first kappa shape index (κ1) is 135. The molecule has 138 heavy (non-hydrogen) atoms. The topological polar surface area (TPSA) is 215 Å². The molecule has 824 valence electrons. The van der Waals surface area contributed by atoms with Gasteiger partial charge in [-0.15, -0.1) is 0 Å². The summed E-state index contributed by atoms with van der Waals surface area (Å²) in [4.78, 5) is 79.9. The number of rotatable bonds is 16. The first-order valence-electron chi connectivity index (χ1n) is 56.1. The number of β-amino-alcohol motifs (C(OH)–C–C–N with tert-alkyl or cyclic N) is 1. The fraction of sp³-hybridized carbons (Fsp3) is 0.982. The van der Waals surface area contributed by atoms with Crippen LogP contribution in [-0.2, 0) is 23.4 Å². The SMILES string of the molecule is CC(C)(C)N1CCCC1.CC(C)(C)N1CCOCC1.CC(C)N1CCC(=O)CC1.CC(C)N1CCCCC1.CC(C)N1CCCCC1C.CC(C)N1CCC[C@@H](O)C1.CC(C)N1CCC[C@H]1CO.CC(C)N1CCN(C)CC1.CC(C)N1CCN(COP(=O)(O)O)CC1.CC(C)N1CCSCC1.CC1CCN(C(C)C)CC1.CCN1CCN(C(C)(C)C)CC1.CCOC(=O)N1CCN(C(C)C)CC1. The summed E-state index contributed by atoms with van der Waals surface area (Å²) in [7, 11) is -2.13. The van der Waals surface area contributed by atoms with Gasteiger partial charge in [-0.05, 0) is 370 Å². The molecule has 0 aliphatic carbocycles. The van der Waals surface area contributed by atoms with Crippen molar-refractivity contribution in [3.05, 3.63) is 0 Å². The van der Waals surface area contributed by atoms with E-state index in [0.717, 1.165) is 173 Å². The predicted octanol–water partition coefficient (Wildman–Crippen LogP) is 16.8. The molecule has 4 N–H and O–H groups in total. The number of ether oxygens (including phenoxy) is 2. The van der Waals surface area contributed by atoms with Gasteiger partial charge < -0.3 is 58.9 Å². The number of aliphatic hydroxyl groups excluding tert-OH is 2. The van der Waals surface area contributed by atoms with Gasteiger partial charge >= 0.3 is 13.9 Å². The van der Waals surface area contributed by atoms with Crippen molar-refractivity contribution in [1.82, 2.24) is 83.3 Å². The highest BCUT2D eigenvalue weighted by Crippen LogP contribution is 2.36. The lowest BCUT2D eigenvalue weighted by atomic mass is 9.98. The molecule has 13 rings (SSSR count). The smallest absolute Gasteiger partial charge is 0.450 e. The van der Waals surface area contributed by atoms with E-state index in [9.17, 15) is 19.3 Å². The van der Waals surface area contributed by atoms with E-state index in [1.54, 1.807) is 4.90 Å². The van der Waals surface area contributed by atoms with Crippen molar-refractivity contribution in [1.29, 1.82) is 0 Å². The van der Waals surface area contributed by atoms with Gasteiger partial charge in [0.1, 0.15) is 12.5 Å². The second-order valence-corrected chi connectivity index (χ2v) is 49.2. The number of piperazine rings is 4. The summed E-state index contributed by atoms with van der Waals surface area (Å²) in [6.45, 7) is 114. The van der Waals surface area contributed by atoms with E-state index in [-0.39, 0.29) is 18.9 Å². The Kier molecular flexibility index (Phi) is 72.7. The molecule has 3 atom stereocenters. The number of hydrogen-bond acceptors (Lipinski definition) is 25. The number of nitrogens with zero attached hydrogens (tertiary/aromatic N) is 17. The molecule has 0 aromatic carbocycles. The van der Waals surface area contributed by atoms with E-state index in [2.05, 4.69) is 318 Å². The molecule has 0 saturated carbocycles. The standard InChI is InChI=1S/C10H20N2O2.C10H22N2.2C9H19N.C8H19N2O4P.C8H18N2.C8H17NO.C8H15NO.2C8H17NO.2C8H17N.C7H15NS/c1-4-14-10(13)12-7-5-11(6-8-12)9(2)3;1-5-11-6-8-12(9-7-11)10(2,3)4;1-8(2)10-6-4-9(3)5-7-10;1-8(2)10-7-5-4-6-9(10)3;1-8(2)10-5-3-9(4-6-10)7-14-15(11,12)13;1-8(2)10-6-4-9(3)5-7-10;1-8(2,3)9-4-6-10-7-5-9;1-7(2)9-5-3-8(10)4-6-9;1-7(2)9-5-3-4-8(9)6-10;1-7(2)9-5-3-4-8(10)6-9;1-8(2,3)9-6-4-5-7-9;1-8(2)9-6-4-3-5-7-9;1-7(2)8-3-5-9-6-4-8/h9H,4-8H2,1-3H3;5-9H2,1-4H3;2*8-9H,4-7H2,1-3H3;8H,3-7H2,1-2H3,(H2,11,12,13);8H,4-7H2,1-3H3;4-7H2,1-3H3;7H,3-6H2,1-2H3;2*7-8,10H,3-6H2,1-2H3;4-7H2,1-3H3;8H,3-7H2,1-2H3;7H,3-6H2,1-2H3/t;;;;;;;;2*8-;;;/m........01.../s1. The Balaban J connectivity index is 0.000000750. The maximum Gasteiger partial charge on any atom is 0.470 e. The maximum atomic E-state index is 11.4. The Labute approximate surface area is 858 Å². The van der Waals surface area contributed by atoms with Crippen LogP contribution in [-0.4, -0.2) is 478 Å². The lowest BCUT2D eigenvalue weighted by Crippen LogP contribution is -2.53. The van der Waals surface area contributed by atoms with E-state index in [1.165, 1.54) is 213 Å². The van der Waals surface area contributed by atoms with Crippen LogP contribution < -0.4 is 0 Å². The van der Waals surface area contributed by atoms with Crippen LogP contribution >= 0.6 is 19.6 Å². The lowest BCUT2D eigenvalue weighted by Gasteiger charge is -2.42. The molecule has 0 spiro atoms. The van der Waals surface area contributed by atoms with Gasteiger partial charge in [-0.3, -0.25) is 63.2 Å². The van der Waals surface area contributed by atoms with Crippen LogP contribution in [0.2, 0.25) is 0 Å². The second kappa shape index (κ2) is 74.5. The number of ketones is 1. The quantitative estimate of drug-likeness (QED) is 0.106. The molecule has 13 fully saturated rings. The van der Waals surface area contributed by atoms with Gasteiger partial charge in [0, 0.05) is 264 Å². The maximum absolute atomic E-state index is 11.4. The van der Waals surface area contributed by atoms with Crippen molar-refractivity contribution in [2.45, 2.75) is 426 Å². The summed E-state index contributed by atoms with van der Waals surface area (Å²) >= 11 is 2.07. The minimum atomic E-state index is -4.32. The molecule has 13 aliphatic heterocycles. The predicted molar refractivity (Wildman–Crippen MR) is 592 cm³/mol. The summed E-state index contributed by atoms with van der Waals surface area (Å²) in [5.41, 5.74) is 1.10. The third-order valence-corrected chi connectivity index (χ3v) is 31.1. The van der Waals surface area contributed by atoms with Crippen LogP contribution in [0.5, 0.6) is 0 Å². The van der Waals surface area contributed by atoms with Gasteiger partial charge in [0.05, 0.1) is 32.5 Å². The van der Waals surface area contributed by atoms with E-state index < -0.39 is 7.82 Å². The number of phosphoric ester groups is 1. The van der Waals surface area contributed by atoms with Crippen molar-refractivity contribution >= 4 is 31.5 Å². The van der Waals surface area contributed by atoms with Crippen molar-refractivity contribution < 1.29 is 48.2 Å². The number of carbonyl (C=O) groups is 2. The molecule has 27 nitrogen and oxygen atoms in total. The summed E-state index contributed by atoms with van der Waals surface area (Å²) in [6, 6.07) is 7.92. The van der Waals surface area contributed by atoms with E-state index in [1.807, 2.05) is 11.8 Å². The van der Waals surface area contributed by atoms with Crippen LogP contribution in [0.25, 0.3) is 0 Å². The number of hydrogen-bond donors (Lipinski definition) is 4. The van der Waals surface area contributed by atoms with Gasteiger partial charge in [0.15, 0.2) is 0 Å². The average Bonchev–Trinajstić information content (AvgIpc) is 1.46.